The maximum absolute atomic E-state index is 11.0. The Morgan fingerprint density at radius 3 is 2.75 bits per heavy atom. The van der Waals surface area contributed by atoms with Crippen molar-refractivity contribution in [3.8, 4) is 0 Å². The standard InChI is InChI=1S/C11H8N2O2S/c14-11(15)8-3-1-2-4-9(8)16-10-7-12-5-6-13-10/h1-7H,(H,14,15). The Labute approximate surface area is 96.4 Å². The maximum Gasteiger partial charge on any atom is 0.336 e. The van der Waals surface area contributed by atoms with Gasteiger partial charge in [0.05, 0.1) is 11.8 Å². The van der Waals surface area contributed by atoms with E-state index in [1.165, 1.54) is 11.8 Å². The Kier molecular flexibility index (Phi) is 3.16. The van der Waals surface area contributed by atoms with E-state index in [1.807, 2.05) is 0 Å². The van der Waals surface area contributed by atoms with Crippen LogP contribution < -0.4 is 0 Å². The van der Waals surface area contributed by atoms with Crippen molar-refractivity contribution in [3.05, 3.63) is 48.4 Å². The van der Waals surface area contributed by atoms with Gasteiger partial charge in [0.2, 0.25) is 0 Å². The Hall–Kier alpha value is -1.88. The SMILES string of the molecule is O=C(O)c1ccccc1Sc1cnccn1. The summed E-state index contributed by atoms with van der Waals surface area (Å²) in [5.74, 6) is -0.938. The summed E-state index contributed by atoms with van der Waals surface area (Å²) in [6, 6.07) is 6.82. The summed E-state index contributed by atoms with van der Waals surface area (Å²) in [5.41, 5.74) is 0.276. The number of hydrogen-bond donors (Lipinski definition) is 1. The zero-order valence-corrected chi connectivity index (χ0v) is 9.02. The molecule has 4 nitrogen and oxygen atoms in total. The van der Waals surface area contributed by atoms with Crippen LogP contribution in [0.3, 0.4) is 0 Å². The minimum absolute atomic E-state index is 0.276. The van der Waals surface area contributed by atoms with Crippen LogP contribution in [0.5, 0.6) is 0 Å². The summed E-state index contributed by atoms with van der Waals surface area (Å²) in [5, 5.41) is 9.67. The second-order valence-electron chi connectivity index (χ2n) is 2.95. The number of benzene rings is 1. The van der Waals surface area contributed by atoms with Crippen LogP contribution in [0.25, 0.3) is 0 Å². The van der Waals surface area contributed by atoms with Crippen molar-refractivity contribution in [1.29, 1.82) is 0 Å². The molecule has 0 spiro atoms. The molecule has 2 rings (SSSR count). The van der Waals surface area contributed by atoms with Gasteiger partial charge in [0.15, 0.2) is 0 Å². The minimum atomic E-state index is -0.938. The zero-order chi connectivity index (χ0) is 11.4. The van der Waals surface area contributed by atoms with Crippen LogP contribution in [0, 0.1) is 0 Å². The Bertz CT molecular complexity index is 502. The average molecular weight is 232 g/mol. The highest BCUT2D eigenvalue weighted by atomic mass is 32.2. The lowest BCUT2D eigenvalue weighted by molar-refractivity contribution is 0.0693. The summed E-state index contributed by atoms with van der Waals surface area (Å²) in [6.45, 7) is 0. The van der Waals surface area contributed by atoms with Gasteiger partial charge >= 0.3 is 5.97 Å². The highest BCUT2D eigenvalue weighted by Gasteiger charge is 2.10. The van der Waals surface area contributed by atoms with Crippen LogP contribution in [0.1, 0.15) is 10.4 Å². The zero-order valence-electron chi connectivity index (χ0n) is 8.20. The van der Waals surface area contributed by atoms with Crippen LogP contribution in [0.4, 0.5) is 0 Å². The summed E-state index contributed by atoms with van der Waals surface area (Å²) < 4.78 is 0. The van der Waals surface area contributed by atoms with E-state index in [1.54, 1.807) is 42.9 Å². The molecule has 0 fully saturated rings. The van der Waals surface area contributed by atoms with Crippen molar-refractivity contribution in [2.75, 3.05) is 0 Å². The van der Waals surface area contributed by atoms with Crippen LogP contribution in [0.15, 0.2) is 52.8 Å². The molecule has 0 unspecified atom stereocenters. The number of carbonyl (C=O) groups is 1. The Morgan fingerprint density at radius 2 is 2.06 bits per heavy atom. The Balaban J connectivity index is 2.31. The lowest BCUT2D eigenvalue weighted by atomic mass is 10.2. The lowest BCUT2D eigenvalue weighted by Crippen LogP contribution is -1.98. The largest absolute Gasteiger partial charge is 0.478 e. The fraction of sp³-hybridized carbons (Fsp3) is 0. The molecular weight excluding hydrogens is 224 g/mol. The molecule has 0 amide bonds. The van der Waals surface area contributed by atoms with Gasteiger partial charge in [-0.3, -0.25) is 4.98 Å². The van der Waals surface area contributed by atoms with Crippen LogP contribution >= 0.6 is 11.8 Å². The number of carboxylic acids is 1. The molecule has 0 aliphatic heterocycles. The fourth-order valence-corrected chi connectivity index (χ4v) is 2.05. The number of aromatic carboxylic acids is 1. The minimum Gasteiger partial charge on any atom is -0.478 e. The molecular formula is C11H8N2O2S. The summed E-state index contributed by atoms with van der Waals surface area (Å²) in [4.78, 5) is 19.6. The molecule has 0 aliphatic rings. The van der Waals surface area contributed by atoms with Gasteiger partial charge in [-0.25, -0.2) is 9.78 Å². The van der Waals surface area contributed by atoms with E-state index >= 15 is 0 Å². The third-order valence-electron chi connectivity index (χ3n) is 1.87. The molecule has 0 bridgehead atoms. The van der Waals surface area contributed by atoms with Crippen molar-refractivity contribution in [3.63, 3.8) is 0 Å². The summed E-state index contributed by atoms with van der Waals surface area (Å²) in [6.07, 6.45) is 4.75. The van der Waals surface area contributed by atoms with Gasteiger partial charge in [0.25, 0.3) is 0 Å². The summed E-state index contributed by atoms with van der Waals surface area (Å²) >= 11 is 1.29. The smallest absolute Gasteiger partial charge is 0.336 e. The van der Waals surface area contributed by atoms with Crippen molar-refractivity contribution in [1.82, 2.24) is 9.97 Å². The summed E-state index contributed by atoms with van der Waals surface area (Å²) in [7, 11) is 0. The first-order chi connectivity index (χ1) is 7.77. The van der Waals surface area contributed by atoms with Crippen molar-refractivity contribution < 1.29 is 9.90 Å². The van der Waals surface area contributed by atoms with E-state index in [2.05, 4.69) is 9.97 Å². The quantitative estimate of drug-likeness (QED) is 0.879. The topological polar surface area (TPSA) is 63.1 Å². The van der Waals surface area contributed by atoms with E-state index in [0.29, 0.717) is 9.92 Å². The van der Waals surface area contributed by atoms with E-state index in [9.17, 15) is 4.79 Å². The first-order valence-electron chi connectivity index (χ1n) is 4.53. The fourth-order valence-electron chi connectivity index (χ4n) is 1.18. The number of aromatic nitrogens is 2. The van der Waals surface area contributed by atoms with Crippen molar-refractivity contribution in [2.24, 2.45) is 0 Å². The number of carboxylic acid groups (broad SMARTS) is 1. The van der Waals surface area contributed by atoms with Crippen molar-refractivity contribution in [2.45, 2.75) is 9.92 Å². The Morgan fingerprint density at radius 1 is 1.25 bits per heavy atom. The third-order valence-corrected chi connectivity index (χ3v) is 2.87. The lowest BCUT2D eigenvalue weighted by Gasteiger charge is -2.03. The second-order valence-corrected chi connectivity index (χ2v) is 4.01. The molecule has 16 heavy (non-hydrogen) atoms. The normalized spacial score (nSPS) is 10.0. The number of hydrogen-bond acceptors (Lipinski definition) is 4. The number of nitrogens with zero attached hydrogens (tertiary/aromatic N) is 2. The molecule has 80 valence electrons. The van der Waals surface area contributed by atoms with E-state index in [-0.39, 0.29) is 5.56 Å². The predicted molar refractivity (Wildman–Crippen MR) is 59.6 cm³/mol. The molecule has 5 heteroatoms. The van der Waals surface area contributed by atoms with Gasteiger partial charge in [-0.05, 0) is 12.1 Å². The molecule has 0 saturated heterocycles. The van der Waals surface area contributed by atoms with Gasteiger partial charge in [0.1, 0.15) is 5.03 Å². The van der Waals surface area contributed by atoms with Gasteiger partial charge in [0, 0.05) is 17.3 Å². The molecule has 0 radical (unpaired) electrons. The molecule has 1 aromatic carbocycles. The van der Waals surface area contributed by atoms with Gasteiger partial charge in [-0.2, -0.15) is 0 Å². The van der Waals surface area contributed by atoms with E-state index in [0.717, 1.165) is 0 Å². The average Bonchev–Trinajstić information content (AvgIpc) is 2.31. The van der Waals surface area contributed by atoms with Crippen LogP contribution in [-0.2, 0) is 0 Å². The van der Waals surface area contributed by atoms with Crippen LogP contribution in [-0.4, -0.2) is 21.0 Å². The van der Waals surface area contributed by atoms with Crippen LogP contribution in [0.2, 0.25) is 0 Å². The molecule has 0 saturated carbocycles. The molecule has 0 aliphatic carbocycles. The molecule has 0 atom stereocenters. The van der Waals surface area contributed by atoms with Crippen molar-refractivity contribution >= 4 is 17.7 Å². The first-order valence-corrected chi connectivity index (χ1v) is 5.35. The second kappa shape index (κ2) is 4.76. The maximum atomic E-state index is 11.0. The van der Waals surface area contributed by atoms with Gasteiger partial charge in [-0.1, -0.05) is 23.9 Å². The first kappa shape index (κ1) is 10.6. The van der Waals surface area contributed by atoms with Gasteiger partial charge < -0.3 is 5.11 Å². The molecule has 1 heterocycles. The predicted octanol–water partition coefficient (Wildman–Crippen LogP) is 2.33. The van der Waals surface area contributed by atoms with E-state index < -0.39 is 5.97 Å². The van der Waals surface area contributed by atoms with Gasteiger partial charge in [-0.15, -0.1) is 0 Å². The molecule has 1 aromatic heterocycles. The monoisotopic (exact) mass is 232 g/mol. The van der Waals surface area contributed by atoms with E-state index in [4.69, 9.17) is 5.11 Å². The molecule has 2 aromatic rings. The number of rotatable bonds is 3. The highest BCUT2D eigenvalue weighted by Crippen LogP contribution is 2.28. The molecule has 1 N–H and O–H groups in total. The third kappa shape index (κ3) is 2.38. The highest BCUT2D eigenvalue weighted by molar-refractivity contribution is 7.99.